The number of sulfonamides is 1. The molecule has 5 rings (SSSR count). The number of nitrogens with zero attached hydrogens (tertiary/aromatic N) is 3. The second-order valence-corrected chi connectivity index (χ2v) is 11.2. The van der Waals surface area contributed by atoms with E-state index in [1.54, 1.807) is 48.5 Å². The van der Waals surface area contributed by atoms with E-state index in [4.69, 9.17) is 0 Å². The summed E-state index contributed by atoms with van der Waals surface area (Å²) in [5.74, 6) is -0.545. The molecule has 1 heterocycles. The van der Waals surface area contributed by atoms with Gasteiger partial charge in [0.25, 0.3) is 5.91 Å². The number of carbonyl (C=O) groups excluding carboxylic acids is 1. The third-order valence-electron chi connectivity index (χ3n) is 6.52. The Kier molecular flexibility index (Phi) is 6.80. The highest BCUT2D eigenvalue weighted by Gasteiger charge is 2.32. The Morgan fingerprint density at radius 3 is 2.47 bits per heavy atom. The van der Waals surface area contributed by atoms with E-state index in [0.29, 0.717) is 39.3 Å². The van der Waals surface area contributed by atoms with Crippen molar-refractivity contribution in [3.8, 4) is 5.69 Å². The van der Waals surface area contributed by atoms with Crippen LogP contribution in [0.5, 0.6) is 0 Å². The first-order valence-electron chi connectivity index (χ1n) is 12.2. The molecule has 1 aliphatic carbocycles. The summed E-state index contributed by atoms with van der Waals surface area (Å²) in [4.78, 5) is 13.0. The summed E-state index contributed by atoms with van der Waals surface area (Å²) in [6.07, 6.45) is 2.93. The molecular weight excluding hydrogens is 509 g/mol. The van der Waals surface area contributed by atoms with Crippen molar-refractivity contribution in [3.05, 3.63) is 77.7 Å². The SMILES string of the molecule is CNC(=O)c1c2cc(C3CC3)c(N(CCO)S(C)(=O)=O)cc2nn1-c1ccc(Nc2ccccc2F)cc1. The summed E-state index contributed by atoms with van der Waals surface area (Å²) in [6.45, 7) is -0.413. The Morgan fingerprint density at radius 2 is 1.87 bits per heavy atom. The van der Waals surface area contributed by atoms with Crippen LogP contribution in [-0.4, -0.2) is 55.7 Å². The molecule has 1 amide bonds. The summed E-state index contributed by atoms with van der Waals surface area (Å²) in [6, 6.07) is 16.9. The zero-order valence-electron chi connectivity index (χ0n) is 21.0. The number of aliphatic hydroxyl groups excluding tert-OH is 1. The maximum absolute atomic E-state index is 14.0. The first kappa shape index (κ1) is 25.7. The summed E-state index contributed by atoms with van der Waals surface area (Å²) >= 11 is 0. The molecule has 1 fully saturated rings. The standard InChI is InChI=1S/C27H28FN5O4S/c1-29-27(35)26-21-15-20(17-7-8-17)25(32(13-14-34)38(2,36)37)16-24(21)31-33(26)19-11-9-18(10-12-19)30-23-6-4-3-5-22(23)28/h3-6,9-12,15-17,30,34H,7-8,13-14H2,1-2H3,(H,29,35). The summed E-state index contributed by atoms with van der Waals surface area (Å²) < 4.78 is 41.9. The molecule has 11 heteroatoms. The minimum atomic E-state index is -3.66. The maximum atomic E-state index is 14.0. The number of aliphatic hydroxyl groups is 1. The molecule has 0 radical (unpaired) electrons. The third kappa shape index (κ3) is 4.94. The quantitative estimate of drug-likeness (QED) is 0.298. The molecule has 1 aromatic heterocycles. The second kappa shape index (κ2) is 10.1. The van der Waals surface area contributed by atoms with Crippen LogP contribution >= 0.6 is 0 Å². The van der Waals surface area contributed by atoms with Crippen LogP contribution in [0.1, 0.15) is 34.8 Å². The van der Waals surface area contributed by atoms with Crippen LogP contribution in [0.3, 0.4) is 0 Å². The van der Waals surface area contributed by atoms with Crippen LogP contribution in [0.2, 0.25) is 0 Å². The van der Waals surface area contributed by atoms with Crippen LogP contribution in [0.25, 0.3) is 16.6 Å². The number of benzene rings is 3. The van der Waals surface area contributed by atoms with Crippen molar-refractivity contribution < 1.29 is 22.7 Å². The monoisotopic (exact) mass is 537 g/mol. The first-order chi connectivity index (χ1) is 18.2. The average Bonchev–Trinajstić information content (AvgIpc) is 3.67. The Bertz CT molecular complexity index is 1610. The number of aromatic nitrogens is 2. The molecule has 9 nitrogen and oxygen atoms in total. The number of para-hydroxylation sites is 1. The van der Waals surface area contributed by atoms with E-state index in [9.17, 15) is 22.7 Å². The largest absolute Gasteiger partial charge is 0.394 e. The minimum Gasteiger partial charge on any atom is -0.394 e. The number of amides is 1. The molecule has 3 aromatic carbocycles. The van der Waals surface area contributed by atoms with Crippen molar-refractivity contribution in [2.45, 2.75) is 18.8 Å². The molecule has 4 aromatic rings. The van der Waals surface area contributed by atoms with Crippen molar-refractivity contribution >= 4 is 43.9 Å². The first-order valence-corrected chi connectivity index (χ1v) is 14.1. The van der Waals surface area contributed by atoms with E-state index < -0.39 is 10.0 Å². The number of carbonyl (C=O) groups is 1. The van der Waals surface area contributed by atoms with Crippen molar-refractivity contribution in [3.63, 3.8) is 0 Å². The molecule has 3 N–H and O–H groups in total. The van der Waals surface area contributed by atoms with Gasteiger partial charge in [0.05, 0.1) is 42.0 Å². The lowest BCUT2D eigenvalue weighted by atomic mass is 10.0. The van der Waals surface area contributed by atoms with Crippen LogP contribution < -0.4 is 14.9 Å². The van der Waals surface area contributed by atoms with Crippen LogP contribution in [0.4, 0.5) is 21.5 Å². The fourth-order valence-electron chi connectivity index (χ4n) is 4.56. The van der Waals surface area contributed by atoms with E-state index >= 15 is 0 Å². The summed E-state index contributed by atoms with van der Waals surface area (Å²) in [5, 5.41) is 20.5. The Morgan fingerprint density at radius 1 is 1.16 bits per heavy atom. The highest BCUT2D eigenvalue weighted by atomic mass is 32.2. The van der Waals surface area contributed by atoms with E-state index in [2.05, 4.69) is 15.7 Å². The minimum absolute atomic E-state index is 0.0798. The maximum Gasteiger partial charge on any atom is 0.270 e. The number of halogens is 1. The third-order valence-corrected chi connectivity index (χ3v) is 7.70. The number of rotatable bonds is 9. The fourth-order valence-corrected chi connectivity index (χ4v) is 5.49. The normalized spacial score (nSPS) is 13.5. The molecule has 1 saturated carbocycles. The van der Waals surface area contributed by atoms with Gasteiger partial charge in [-0.15, -0.1) is 0 Å². The van der Waals surface area contributed by atoms with Gasteiger partial charge in [0, 0.05) is 18.1 Å². The molecule has 0 saturated heterocycles. The summed E-state index contributed by atoms with van der Waals surface area (Å²) in [7, 11) is -2.12. The van der Waals surface area contributed by atoms with Gasteiger partial charge in [-0.1, -0.05) is 12.1 Å². The van der Waals surface area contributed by atoms with E-state index in [0.717, 1.165) is 24.7 Å². The zero-order chi connectivity index (χ0) is 27.0. The van der Waals surface area contributed by atoms with Crippen LogP contribution in [0, 0.1) is 5.82 Å². The molecule has 38 heavy (non-hydrogen) atoms. The topological polar surface area (TPSA) is 117 Å². The Balaban J connectivity index is 1.62. The Hall–Kier alpha value is -3.96. The van der Waals surface area contributed by atoms with Gasteiger partial charge in [0.15, 0.2) is 0 Å². The molecule has 1 aliphatic rings. The molecule has 198 valence electrons. The smallest absolute Gasteiger partial charge is 0.270 e. The van der Waals surface area contributed by atoms with Gasteiger partial charge >= 0.3 is 0 Å². The lowest BCUT2D eigenvalue weighted by molar-refractivity contribution is 0.0957. The molecule has 0 aliphatic heterocycles. The van der Waals surface area contributed by atoms with Crippen LogP contribution in [0.15, 0.2) is 60.7 Å². The van der Waals surface area contributed by atoms with E-state index in [1.807, 2.05) is 6.07 Å². The predicted molar refractivity (Wildman–Crippen MR) is 145 cm³/mol. The lowest BCUT2D eigenvalue weighted by Gasteiger charge is -2.24. The van der Waals surface area contributed by atoms with Crippen molar-refractivity contribution in [1.82, 2.24) is 15.1 Å². The molecule has 0 spiro atoms. The number of fused-ring (bicyclic) bond motifs is 1. The number of hydrogen-bond acceptors (Lipinski definition) is 6. The molecule has 0 atom stereocenters. The molecule has 0 bridgehead atoms. The number of hydrogen-bond donors (Lipinski definition) is 3. The number of nitrogens with one attached hydrogen (secondary N) is 2. The van der Waals surface area contributed by atoms with Crippen molar-refractivity contribution in [1.29, 1.82) is 0 Å². The summed E-state index contributed by atoms with van der Waals surface area (Å²) in [5.41, 5.74) is 3.64. The van der Waals surface area contributed by atoms with Crippen molar-refractivity contribution in [2.75, 3.05) is 36.1 Å². The second-order valence-electron chi connectivity index (χ2n) is 9.25. The van der Waals surface area contributed by atoms with Gasteiger partial charge in [-0.05, 0) is 72.9 Å². The van der Waals surface area contributed by atoms with Crippen molar-refractivity contribution in [2.24, 2.45) is 0 Å². The van der Waals surface area contributed by atoms with Gasteiger partial charge in [-0.2, -0.15) is 5.10 Å². The number of anilines is 3. The highest BCUT2D eigenvalue weighted by molar-refractivity contribution is 7.92. The van der Waals surface area contributed by atoms with Gasteiger partial charge in [-0.3, -0.25) is 9.10 Å². The Labute approximate surface area is 219 Å². The fraction of sp³-hybridized carbons (Fsp3) is 0.259. The highest BCUT2D eigenvalue weighted by Crippen LogP contribution is 2.46. The molecule has 0 unspecified atom stereocenters. The zero-order valence-corrected chi connectivity index (χ0v) is 21.8. The van der Waals surface area contributed by atoms with Gasteiger partial charge < -0.3 is 15.7 Å². The van der Waals surface area contributed by atoms with E-state index in [1.165, 1.54) is 22.1 Å². The van der Waals surface area contributed by atoms with E-state index in [-0.39, 0.29) is 30.8 Å². The van der Waals surface area contributed by atoms with Gasteiger partial charge in [0.2, 0.25) is 10.0 Å². The lowest BCUT2D eigenvalue weighted by Crippen LogP contribution is -2.33. The molecular formula is C27H28FN5O4S. The van der Waals surface area contributed by atoms with Crippen LogP contribution in [-0.2, 0) is 10.0 Å². The van der Waals surface area contributed by atoms with Gasteiger partial charge in [-0.25, -0.2) is 17.5 Å². The predicted octanol–water partition coefficient (Wildman–Crippen LogP) is 3.90. The average molecular weight is 538 g/mol. The van der Waals surface area contributed by atoms with Gasteiger partial charge in [0.1, 0.15) is 11.5 Å².